The molecule has 98 valence electrons. The number of halogens is 1. The Hall–Kier alpha value is -0.580. The van der Waals surface area contributed by atoms with E-state index < -0.39 is 0 Å². The number of hydrogen-bond acceptors (Lipinski definition) is 2. The Morgan fingerprint density at radius 1 is 1.24 bits per heavy atom. The molecule has 0 bridgehead atoms. The molecule has 0 atom stereocenters. The average Bonchev–Trinajstić information content (AvgIpc) is 2.29. The second kappa shape index (κ2) is 7.69. The minimum absolute atomic E-state index is 0.230. The van der Waals surface area contributed by atoms with Crippen LogP contribution >= 0.6 is 15.9 Å². The van der Waals surface area contributed by atoms with Crippen LogP contribution in [0.2, 0.25) is 0 Å². The lowest BCUT2D eigenvalue weighted by Gasteiger charge is -2.31. The molecule has 1 fully saturated rings. The lowest BCUT2D eigenvalue weighted by molar-refractivity contribution is -0.132. The van der Waals surface area contributed by atoms with Crippen molar-refractivity contribution >= 4 is 27.7 Å². The van der Waals surface area contributed by atoms with Gasteiger partial charge in [0, 0.05) is 31.3 Å². The summed E-state index contributed by atoms with van der Waals surface area (Å²) < 4.78 is 0. The van der Waals surface area contributed by atoms with Gasteiger partial charge in [0.25, 0.3) is 0 Å². The highest BCUT2D eigenvalue weighted by Gasteiger charge is 2.23. The molecule has 0 unspecified atom stereocenters. The molecule has 1 heterocycles. The van der Waals surface area contributed by atoms with E-state index in [2.05, 4.69) is 15.9 Å². The van der Waals surface area contributed by atoms with E-state index in [4.69, 9.17) is 5.73 Å². The second-order valence-electron chi connectivity index (χ2n) is 4.64. The maximum atomic E-state index is 11.8. The van der Waals surface area contributed by atoms with Gasteiger partial charge in [-0.05, 0) is 31.6 Å². The molecule has 0 spiro atoms. The number of primary amides is 1. The maximum Gasteiger partial charge on any atom is 0.222 e. The predicted molar refractivity (Wildman–Crippen MR) is 70.8 cm³/mol. The van der Waals surface area contributed by atoms with Gasteiger partial charge in [0.15, 0.2) is 0 Å². The summed E-state index contributed by atoms with van der Waals surface area (Å²) in [6.07, 6.45) is 4.92. The smallest absolute Gasteiger partial charge is 0.222 e. The van der Waals surface area contributed by atoms with Crippen molar-refractivity contribution < 1.29 is 9.59 Å². The van der Waals surface area contributed by atoms with Gasteiger partial charge in [-0.15, -0.1) is 0 Å². The molecule has 5 heteroatoms. The number of piperidine rings is 1. The number of amides is 2. The zero-order valence-corrected chi connectivity index (χ0v) is 11.7. The summed E-state index contributed by atoms with van der Waals surface area (Å²) in [5, 5.41) is 0.959. The van der Waals surface area contributed by atoms with Crippen LogP contribution in [0, 0.1) is 5.92 Å². The van der Waals surface area contributed by atoms with Crippen molar-refractivity contribution in [1.29, 1.82) is 0 Å². The Labute approximate surface area is 111 Å². The minimum atomic E-state index is -0.230. The molecule has 0 aromatic heterocycles. The van der Waals surface area contributed by atoms with Gasteiger partial charge in [-0.2, -0.15) is 0 Å². The first-order valence-electron chi connectivity index (χ1n) is 6.25. The molecule has 1 aliphatic rings. The second-order valence-corrected chi connectivity index (χ2v) is 5.43. The number of carbonyl (C=O) groups excluding carboxylic acids is 2. The fraction of sp³-hybridized carbons (Fsp3) is 0.833. The minimum Gasteiger partial charge on any atom is -0.370 e. The van der Waals surface area contributed by atoms with Crippen molar-refractivity contribution in [3.05, 3.63) is 0 Å². The van der Waals surface area contributed by atoms with Crippen LogP contribution in [0.1, 0.15) is 38.5 Å². The molecular weight excluding hydrogens is 284 g/mol. The van der Waals surface area contributed by atoms with Gasteiger partial charge < -0.3 is 10.6 Å². The Balaban J connectivity index is 2.21. The summed E-state index contributed by atoms with van der Waals surface area (Å²) in [5.74, 6) is 0.398. The van der Waals surface area contributed by atoms with Crippen LogP contribution in [-0.2, 0) is 9.59 Å². The number of likely N-dealkylation sites (tertiary alicyclic amines) is 1. The van der Waals surface area contributed by atoms with E-state index >= 15 is 0 Å². The number of alkyl halides is 1. The highest BCUT2D eigenvalue weighted by Crippen LogP contribution is 2.20. The third-order valence-corrected chi connectivity index (χ3v) is 3.79. The topological polar surface area (TPSA) is 63.4 Å². The van der Waals surface area contributed by atoms with Crippen molar-refractivity contribution in [2.24, 2.45) is 11.7 Å². The van der Waals surface area contributed by atoms with Crippen LogP contribution in [0.3, 0.4) is 0 Å². The van der Waals surface area contributed by atoms with Crippen LogP contribution in [-0.4, -0.2) is 35.1 Å². The molecule has 1 aliphatic heterocycles. The average molecular weight is 305 g/mol. The zero-order chi connectivity index (χ0) is 12.7. The van der Waals surface area contributed by atoms with Crippen molar-refractivity contribution in [3.8, 4) is 0 Å². The molecule has 2 amide bonds. The van der Waals surface area contributed by atoms with Crippen molar-refractivity contribution in [2.45, 2.75) is 38.5 Å². The molecule has 0 aromatic carbocycles. The van der Waals surface area contributed by atoms with Gasteiger partial charge in [-0.1, -0.05) is 15.9 Å². The zero-order valence-electron chi connectivity index (χ0n) is 10.2. The Morgan fingerprint density at radius 3 is 2.41 bits per heavy atom. The molecule has 1 rings (SSSR count). The fourth-order valence-electron chi connectivity index (χ4n) is 2.20. The van der Waals surface area contributed by atoms with Gasteiger partial charge in [0.1, 0.15) is 0 Å². The standard InChI is InChI=1S/C12H21BrN2O2/c13-6-2-1-3-12(17)15-7-4-10(5-8-15)9-11(14)16/h10H,1-9H2,(H2,14,16). The van der Waals surface area contributed by atoms with Crippen LogP contribution in [0.25, 0.3) is 0 Å². The SMILES string of the molecule is NC(=O)CC1CCN(C(=O)CCCCBr)CC1. The number of carbonyl (C=O) groups is 2. The molecule has 0 aromatic rings. The number of nitrogens with zero attached hydrogens (tertiary/aromatic N) is 1. The highest BCUT2D eigenvalue weighted by molar-refractivity contribution is 9.09. The maximum absolute atomic E-state index is 11.8. The monoisotopic (exact) mass is 304 g/mol. The molecule has 1 saturated heterocycles. The third kappa shape index (κ3) is 5.52. The summed E-state index contributed by atoms with van der Waals surface area (Å²) in [4.78, 5) is 24.5. The first-order chi connectivity index (χ1) is 8.13. The van der Waals surface area contributed by atoms with Gasteiger partial charge in [0.05, 0.1) is 0 Å². The Morgan fingerprint density at radius 2 is 1.88 bits per heavy atom. The van der Waals surface area contributed by atoms with Crippen LogP contribution in [0.4, 0.5) is 0 Å². The summed E-state index contributed by atoms with van der Waals surface area (Å²) in [5.41, 5.74) is 5.17. The summed E-state index contributed by atoms with van der Waals surface area (Å²) in [6.45, 7) is 1.57. The van der Waals surface area contributed by atoms with E-state index in [9.17, 15) is 9.59 Å². The molecule has 0 saturated carbocycles. The lowest BCUT2D eigenvalue weighted by Crippen LogP contribution is -2.39. The lowest BCUT2D eigenvalue weighted by atomic mass is 9.93. The van der Waals surface area contributed by atoms with E-state index in [1.54, 1.807) is 0 Å². The molecule has 0 aliphatic carbocycles. The first-order valence-corrected chi connectivity index (χ1v) is 7.37. The first kappa shape index (κ1) is 14.5. The molecule has 4 nitrogen and oxygen atoms in total. The molecular formula is C12H21BrN2O2. The third-order valence-electron chi connectivity index (χ3n) is 3.23. The molecule has 17 heavy (non-hydrogen) atoms. The number of unbranched alkanes of at least 4 members (excludes halogenated alkanes) is 1. The van der Waals surface area contributed by atoms with Gasteiger partial charge >= 0.3 is 0 Å². The quantitative estimate of drug-likeness (QED) is 0.599. The van der Waals surface area contributed by atoms with E-state index in [-0.39, 0.29) is 11.8 Å². The summed E-state index contributed by atoms with van der Waals surface area (Å²) >= 11 is 3.36. The van der Waals surface area contributed by atoms with Crippen LogP contribution < -0.4 is 5.73 Å². The number of rotatable bonds is 6. The van der Waals surface area contributed by atoms with Gasteiger partial charge in [-0.3, -0.25) is 9.59 Å². The largest absolute Gasteiger partial charge is 0.370 e. The highest BCUT2D eigenvalue weighted by atomic mass is 79.9. The molecule has 2 N–H and O–H groups in total. The van der Waals surface area contributed by atoms with Crippen molar-refractivity contribution in [3.63, 3.8) is 0 Å². The fourth-order valence-corrected chi connectivity index (χ4v) is 2.60. The normalized spacial score (nSPS) is 17.1. The van der Waals surface area contributed by atoms with E-state index in [0.717, 1.165) is 44.1 Å². The Bertz CT molecular complexity index is 263. The van der Waals surface area contributed by atoms with Gasteiger partial charge in [-0.25, -0.2) is 0 Å². The summed E-state index contributed by atoms with van der Waals surface area (Å²) in [7, 11) is 0. The van der Waals surface area contributed by atoms with Crippen molar-refractivity contribution in [2.75, 3.05) is 18.4 Å². The van der Waals surface area contributed by atoms with Crippen LogP contribution in [0.5, 0.6) is 0 Å². The van der Waals surface area contributed by atoms with E-state index in [1.165, 1.54) is 0 Å². The molecule has 0 radical (unpaired) electrons. The summed E-state index contributed by atoms with van der Waals surface area (Å²) in [6, 6.07) is 0. The van der Waals surface area contributed by atoms with Crippen LogP contribution in [0.15, 0.2) is 0 Å². The van der Waals surface area contributed by atoms with Gasteiger partial charge in [0.2, 0.25) is 11.8 Å². The number of hydrogen-bond donors (Lipinski definition) is 1. The van der Waals surface area contributed by atoms with Crippen molar-refractivity contribution in [1.82, 2.24) is 4.90 Å². The predicted octanol–water partition coefficient (Wildman–Crippen LogP) is 1.67. The Kier molecular flexibility index (Phi) is 6.55. The van der Waals surface area contributed by atoms with E-state index in [1.807, 2.05) is 4.90 Å². The number of nitrogens with two attached hydrogens (primary N) is 1. The van der Waals surface area contributed by atoms with E-state index in [0.29, 0.717) is 18.8 Å².